The van der Waals surface area contributed by atoms with E-state index < -0.39 is 18.2 Å². The number of nitrogens with one attached hydrogen (secondary N) is 1. The number of hydrogen-bond acceptors (Lipinski definition) is 4. The van der Waals surface area contributed by atoms with Gasteiger partial charge >= 0.3 is 0 Å². The largest absolute Gasteiger partial charge is 0.392 e. The fourth-order valence-corrected chi connectivity index (χ4v) is 5.75. The standard InChI is InChI=1S/C30H36FN3O3/c1-34-25-9-5-4-8-23(25)27(21-13-15-22(31)16-14-21)32-28(30(34)37)33-29(36)24(18-20-10-11-20)26(35)17-12-19-6-2-3-7-19/h4-5,8-9,13-16,19-20,24,26,28,35H,2-3,6-7,10-12,17-18H2,1H3,(H,33,36)/t24-,26+,28?/m1/s1. The topological polar surface area (TPSA) is 82.0 Å². The molecule has 5 rings (SSSR count). The number of aliphatic imine (C=N–C) groups is 1. The van der Waals surface area contributed by atoms with E-state index in [2.05, 4.69) is 5.32 Å². The first kappa shape index (κ1) is 25.6. The minimum atomic E-state index is -1.14. The number of aliphatic hydroxyl groups excluding tert-OH is 1. The molecule has 7 heteroatoms. The minimum Gasteiger partial charge on any atom is -0.392 e. The summed E-state index contributed by atoms with van der Waals surface area (Å²) < 4.78 is 13.7. The summed E-state index contributed by atoms with van der Waals surface area (Å²) in [5.74, 6) is -0.528. The number of para-hydroxylation sites is 1. The lowest BCUT2D eigenvalue weighted by Gasteiger charge is -2.26. The molecule has 3 atom stereocenters. The summed E-state index contributed by atoms with van der Waals surface area (Å²) in [5.41, 5.74) is 2.56. The summed E-state index contributed by atoms with van der Waals surface area (Å²) >= 11 is 0. The molecule has 37 heavy (non-hydrogen) atoms. The van der Waals surface area contributed by atoms with E-state index in [1.54, 1.807) is 19.2 Å². The predicted octanol–water partition coefficient (Wildman–Crippen LogP) is 4.83. The molecule has 3 aliphatic rings. The highest BCUT2D eigenvalue weighted by molar-refractivity contribution is 6.20. The van der Waals surface area contributed by atoms with Gasteiger partial charge in [-0.3, -0.25) is 9.59 Å². The van der Waals surface area contributed by atoms with Crippen LogP contribution in [0.5, 0.6) is 0 Å². The summed E-state index contributed by atoms with van der Waals surface area (Å²) in [7, 11) is 1.67. The number of benzodiazepines with no additional fused rings is 1. The van der Waals surface area contributed by atoms with Crippen molar-refractivity contribution in [2.75, 3.05) is 11.9 Å². The zero-order valence-electron chi connectivity index (χ0n) is 21.4. The molecule has 2 amide bonds. The maximum Gasteiger partial charge on any atom is 0.272 e. The first-order chi connectivity index (χ1) is 17.9. The van der Waals surface area contributed by atoms with E-state index in [0.29, 0.717) is 41.6 Å². The van der Waals surface area contributed by atoms with E-state index in [9.17, 15) is 19.1 Å². The van der Waals surface area contributed by atoms with Gasteiger partial charge in [-0.2, -0.15) is 0 Å². The summed E-state index contributed by atoms with van der Waals surface area (Å²) in [5, 5.41) is 14.0. The van der Waals surface area contributed by atoms with Gasteiger partial charge in [0.2, 0.25) is 12.1 Å². The zero-order valence-corrected chi connectivity index (χ0v) is 21.4. The maximum absolute atomic E-state index is 13.7. The number of carbonyl (C=O) groups excluding carboxylic acids is 2. The summed E-state index contributed by atoms with van der Waals surface area (Å²) in [4.78, 5) is 33.3. The van der Waals surface area contributed by atoms with Gasteiger partial charge in [-0.15, -0.1) is 0 Å². The van der Waals surface area contributed by atoms with Gasteiger partial charge in [0.15, 0.2) is 0 Å². The SMILES string of the molecule is CN1C(=O)C(NC(=O)[C@H](CC2CC2)[C@@H](O)CCC2CCCC2)N=C(c2ccc(F)cc2)c2ccccc21. The average Bonchev–Trinajstić information content (AvgIpc) is 3.60. The Hall–Kier alpha value is -3.06. The number of anilines is 1. The Bertz CT molecular complexity index is 1150. The summed E-state index contributed by atoms with van der Waals surface area (Å²) in [6, 6.07) is 13.4. The second-order valence-corrected chi connectivity index (χ2v) is 10.9. The lowest BCUT2D eigenvalue weighted by Crippen LogP contribution is -2.49. The second kappa shape index (κ2) is 11.1. The summed E-state index contributed by atoms with van der Waals surface area (Å²) in [6.07, 6.45) is 7.34. The number of fused-ring (bicyclic) bond motifs is 1. The Labute approximate surface area is 218 Å². The third-order valence-electron chi connectivity index (χ3n) is 8.17. The van der Waals surface area contributed by atoms with Crippen LogP contribution < -0.4 is 10.2 Å². The van der Waals surface area contributed by atoms with E-state index in [0.717, 1.165) is 24.8 Å². The van der Waals surface area contributed by atoms with Gasteiger partial charge in [0.05, 0.1) is 23.4 Å². The normalized spacial score (nSPS) is 21.7. The Morgan fingerprint density at radius 1 is 1.08 bits per heavy atom. The Morgan fingerprint density at radius 3 is 2.49 bits per heavy atom. The number of nitrogens with zero attached hydrogens (tertiary/aromatic N) is 2. The maximum atomic E-state index is 13.7. The first-order valence-corrected chi connectivity index (χ1v) is 13.6. The third kappa shape index (κ3) is 5.93. The van der Waals surface area contributed by atoms with E-state index in [1.807, 2.05) is 24.3 Å². The number of benzene rings is 2. The van der Waals surface area contributed by atoms with Crippen molar-refractivity contribution in [2.24, 2.45) is 22.7 Å². The van der Waals surface area contributed by atoms with Crippen molar-refractivity contribution >= 4 is 23.2 Å². The van der Waals surface area contributed by atoms with Gasteiger partial charge in [-0.05, 0) is 61.4 Å². The van der Waals surface area contributed by atoms with Crippen LogP contribution in [0.4, 0.5) is 10.1 Å². The first-order valence-electron chi connectivity index (χ1n) is 13.6. The molecule has 2 fully saturated rings. The Morgan fingerprint density at radius 2 is 1.78 bits per heavy atom. The number of likely N-dealkylation sites (N-methyl/N-ethyl adjacent to an activating group) is 1. The lowest BCUT2D eigenvalue weighted by molar-refractivity contribution is -0.133. The van der Waals surface area contributed by atoms with Gasteiger partial charge in [0.25, 0.3) is 5.91 Å². The highest BCUT2D eigenvalue weighted by Crippen LogP contribution is 2.38. The van der Waals surface area contributed by atoms with Crippen molar-refractivity contribution in [2.45, 2.75) is 70.1 Å². The molecule has 196 valence electrons. The molecule has 0 radical (unpaired) electrons. The molecule has 0 aromatic heterocycles. The van der Waals surface area contributed by atoms with Crippen molar-refractivity contribution in [1.82, 2.24) is 5.32 Å². The molecule has 0 spiro atoms. The number of carbonyl (C=O) groups is 2. The minimum absolute atomic E-state index is 0.328. The number of amides is 2. The van der Waals surface area contributed by atoms with E-state index in [1.165, 1.54) is 42.7 Å². The van der Waals surface area contributed by atoms with Crippen molar-refractivity contribution in [1.29, 1.82) is 0 Å². The zero-order chi connectivity index (χ0) is 25.9. The Kier molecular flexibility index (Phi) is 7.70. The average molecular weight is 506 g/mol. The van der Waals surface area contributed by atoms with Crippen LogP contribution >= 0.6 is 0 Å². The quantitative estimate of drug-likeness (QED) is 0.512. The summed E-state index contributed by atoms with van der Waals surface area (Å²) in [6.45, 7) is 0. The van der Waals surface area contributed by atoms with Gasteiger partial charge in [-0.1, -0.05) is 56.7 Å². The van der Waals surface area contributed by atoms with E-state index in [-0.39, 0.29) is 17.6 Å². The number of halogens is 1. The molecule has 1 heterocycles. The van der Waals surface area contributed by atoms with Crippen molar-refractivity contribution in [3.63, 3.8) is 0 Å². The molecule has 2 aliphatic carbocycles. The molecule has 1 unspecified atom stereocenters. The van der Waals surface area contributed by atoms with Crippen molar-refractivity contribution < 1.29 is 19.1 Å². The fraction of sp³-hybridized carbons (Fsp3) is 0.500. The molecule has 2 N–H and O–H groups in total. The molecular formula is C30H36FN3O3. The molecule has 2 aromatic carbocycles. The molecule has 2 aromatic rings. The number of hydrogen-bond donors (Lipinski definition) is 2. The highest BCUT2D eigenvalue weighted by atomic mass is 19.1. The van der Waals surface area contributed by atoms with Crippen LogP contribution in [0.15, 0.2) is 53.5 Å². The number of rotatable bonds is 9. The van der Waals surface area contributed by atoms with Gasteiger partial charge < -0.3 is 15.3 Å². The van der Waals surface area contributed by atoms with Crippen LogP contribution in [-0.2, 0) is 9.59 Å². The molecular weight excluding hydrogens is 469 g/mol. The molecule has 0 bridgehead atoms. The van der Waals surface area contributed by atoms with Crippen molar-refractivity contribution in [3.05, 3.63) is 65.5 Å². The van der Waals surface area contributed by atoms with Crippen LogP contribution in [0.25, 0.3) is 0 Å². The van der Waals surface area contributed by atoms with E-state index >= 15 is 0 Å². The fourth-order valence-electron chi connectivity index (χ4n) is 5.75. The molecule has 6 nitrogen and oxygen atoms in total. The smallest absolute Gasteiger partial charge is 0.272 e. The molecule has 0 saturated heterocycles. The lowest BCUT2D eigenvalue weighted by atomic mass is 9.89. The molecule has 1 aliphatic heterocycles. The molecule has 2 saturated carbocycles. The van der Waals surface area contributed by atoms with Gasteiger partial charge in [0, 0.05) is 18.2 Å². The monoisotopic (exact) mass is 505 g/mol. The van der Waals surface area contributed by atoms with Gasteiger partial charge in [-0.25, -0.2) is 9.38 Å². The highest BCUT2D eigenvalue weighted by Gasteiger charge is 2.37. The Balaban J connectivity index is 1.40. The van der Waals surface area contributed by atoms with E-state index in [4.69, 9.17) is 4.99 Å². The van der Waals surface area contributed by atoms with Crippen LogP contribution in [0.3, 0.4) is 0 Å². The van der Waals surface area contributed by atoms with Crippen LogP contribution in [0.1, 0.15) is 68.9 Å². The number of aliphatic hydroxyl groups is 1. The van der Waals surface area contributed by atoms with Gasteiger partial charge in [0.1, 0.15) is 5.82 Å². The van der Waals surface area contributed by atoms with Crippen LogP contribution in [-0.4, -0.2) is 41.9 Å². The second-order valence-electron chi connectivity index (χ2n) is 10.9. The van der Waals surface area contributed by atoms with Crippen LogP contribution in [0.2, 0.25) is 0 Å². The van der Waals surface area contributed by atoms with Crippen LogP contribution in [0, 0.1) is 23.6 Å². The third-order valence-corrected chi connectivity index (χ3v) is 8.17. The van der Waals surface area contributed by atoms with Crippen molar-refractivity contribution in [3.8, 4) is 0 Å². The predicted molar refractivity (Wildman–Crippen MR) is 142 cm³/mol.